The minimum Gasteiger partial charge on any atom is -0.433 e. The number of hydrogen-bond acceptors (Lipinski definition) is 4. The molecule has 1 aliphatic carbocycles. The minimum atomic E-state index is -2.92. The Balaban J connectivity index is 1.79. The Morgan fingerprint density at radius 1 is 1.43 bits per heavy atom. The normalized spacial score (nSPS) is 25.8. The molecule has 0 spiro atoms. The largest absolute Gasteiger partial charge is 0.433 e. The number of nitrogens with zero attached hydrogens (tertiary/aromatic N) is 1. The zero-order chi connectivity index (χ0) is 14.8. The average Bonchev–Trinajstić information content (AvgIpc) is 2.93. The second-order valence-electron chi connectivity index (χ2n) is 5.25. The summed E-state index contributed by atoms with van der Waals surface area (Å²) in [4.78, 5) is 14.7. The summed E-state index contributed by atoms with van der Waals surface area (Å²) in [5.74, 6) is -0.250. The zero-order valence-corrected chi connectivity index (χ0v) is 12.3. The van der Waals surface area contributed by atoms with Crippen molar-refractivity contribution in [3.8, 4) is 5.75 Å². The van der Waals surface area contributed by atoms with Gasteiger partial charge in [-0.05, 0) is 24.3 Å². The van der Waals surface area contributed by atoms with Crippen molar-refractivity contribution >= 4 is 17.2 Å². The lowest BCUT2D eigenvalue weighted by Crippen LogP contribution is -2.54. The third kappa shape index (κ3) is 3.03. The number of carbonyl (C=O) groups excluding carboxylic acids is 1. The van der Waals surface area contributed by atoms with Gasteiger partial charge in [-0.3, -0.25) is 4.79 Å². The maximum atomic E-state index is 12.7. The van der Waals surface area contributed by atoms with Crippen LogP contribution in [0.2, 0.25) is 0 Å². The predicted molar refractivity (Wildman–Crippen MR) is 74.0 cm³/mol. The number of alkyl halides is 2. The zero-order valence-electron chi connectivity index (χ0n) is 11.5. The molecule has 2 aliphatic rings. The molecular weight excluding hydrogens is 300 g/mol. The van der Waals surface area contributed by atoms with Gasteiger partial charge in [0, 0.05) is 6.54 Å². The Kier molecular flexibility index (Phi) is 4.40. The first-order valence-electron chi connectivity index (χ1n) is 7.11. The van der Waals surface area contributed by atoms with Crippen LogP contribution < -0.4 is 4.74 Å². The molecule has 2 heterocycles. The second-order valence-corrected chi connectivity index (χ2v) is 6.17. The van der Waals surface area contributed by atoms with E-state index in [4.69, 9.17) is 4.74 Å². The lowest BCUT2D eigenvalue weighted by atomic mass is 9.90. The van der Waals surface area contributed by atoms with Crippen LogP contribution in [0.1, 0.15) is 35.4 Å². The minimum absolute atomic E-state index is 0.0288. The van der Waals surface area contributed by atoms with Crippen LogP contribution in [0.5, 0.6) is 5.75 Å². The number of carbonyl (C=O) groups is 1. The molecule has 116 valence electrons. The fraction of sp³-hybridized carbons (Fsp3) is 0.643. The number of rotatable bonds is 3. The highest BCUT2D eigenvalue weighted by molar-refractivity contribution is 7.12. The Morgan fingerprint density at radius 2 is 2.24 bits per heavy atom. The van der Waals surface area contributed by atoms with Crippen LogP contribution in [-0.2, 0) is 4.74 Å². The van der Waals surface area contributed by atoms with Crippen molar-refractivity contribution in [1.29, 1.82) is 0 Å². The summed E-state index contributed by atoms with van der Waals surface area (Å²) in [6.45, 7) is -1.91. The fourth-order valence-corrected chi connectivity index (χ4v) is 3.90. The molecule has 1 amide bonds. The first-order valence-corrected chi connectivity index (χ1v) is 7.99. The van der Waals surface area contributed by atoms with Crippen molar-refractivity contribution in [2.75, 3.05) is 13.2 Å². The van der Waals surface area contributed by atoms with E-state index < -0.39 is 6.61 Å². The van der Waals surface area contributed by atoms with E-state index in [1.807, 2.05) is 0 Å². The van der Waals surface area contributed by atoms with Gasteiger partial charge in [-0.2, -0.15) is 8.78 Å². The molecule has 2 fully saturated rings. The monoisotopic (exact) mass is 317 g/mol. The molecule has 1 aromatic rings. The molecule has 1 aliphatic heterocycles. The van der Waals surface area contributed by atoms with E-state index in [-0.39, 0.29) is 28.7 Å². The van der Waals surface area contributed by atoms with E-state index in [0.717, 1.165) is 37.0 Å². The lowest BCUT2D eigenvalue weighted by Gasteiger charge is -2.43. The van der Waals surface area contributed by atoms with Crippen molar-refractivity contribution < 1.29 is 23.0 Å². The maximum Gasteiger partial charge on any atom is 0.387 e. The Hall–Kier alpha value is -1.21. The van der Waals surface area contributed by atoms with Crippen LogP contribution in [0.15, 0.2) is 11.4 Å². The van der Waals surface area contributed by atoms with Gasteiger partial charge in [-0.1, -0.05) is 12.8 Å². The van der Waals surface area contributed by atoms with Crippen LogP contribution in [0.4, 0.5) is 8.78 Å². The standard InChI is InChI=1S/C14H17F2NO3S/c15-14(16)20-11-5-8-21-12(11)13(18)17-6-7-19-10-4-2-1-3-9(10)17/h5,8-10,14H,1-4,6-7H2/t9-,10+/m0/s1. The van der Waals surface area contributed by atoms with Crippen molar-refractivity contribution in [3.05, 3.63) is 16.3 Å². The summed E-state index contributed by atoms with van der Waals surface area (Å²) < 4.78 is 34.9. The topological polar surface area (TPSA) is 38.8 Å². The van der Waals surface area contributed by atoms with E-state index in [1.165, 1.54) is 6.07 Å². The van der Waals surface area contributed by atoms with Gasteiger partial charge in [0.25, 0.3) is 5.91 Å². The average molecular weight is 317 g/mol. The number of halogens is 2. The number of hydrogen-bond donors (Lipinski definition) is 0. The van der Waals surface area contributed by atoms with Crippen molar-refractivity contribution in [1.82, 2.24) is 4.90 Å². The van der Waals surface area contributed by atoms with Crippen LogP contribution in [0.3, 0.4) is 0 Å². The molecule has 0 radical (unpaired) electrons. The van der Waals surface area contributed by atoms with E-state index in [1.54, 1.807) is 10.3 Å². The lowest BCUT2D eigenvalue weighted by molar-refractivity contribution is -0.0757. The van der Waals surface area contributed by atoms with Crippen molar-refractivity contribution in [3.63, 3.8) is 0 Å². The highest BCUT2D eigenvalue weighted by atomic mass is 32.1. The van der Waals surface area contributed by atoms with Gasteiger partial charge in [0.15, 0.2) is 0 Å². The molecule has 2 atom stereocenters. The quantitative estimate of drug-likeness (QED) is 0.860. The van der Waals surface area contributed by atoms with Crippen LogP contribution in [0, 0.1) is 0 Å². The number of morpholine rings is 1. The SMILES string of the molecule is O=C(c1sccc1OC(F)F)N1CCO[C@@H]2CCCC[C@@H]21. The number of ether oxygens (including phenoxy) is 2. The van der Waals surface area contributed by atoms with E-state index in [0.29, 0.717) is 13.2 Å². The second kappa shape index (κ2) is 6.27. The first-order chi connectivity index (χ1) is 10.2. The Morgan fingerprint density at radius 3 is 3.05 bits per heavy atom. The third-order valence-corrected chi connectivity index (χ3v) is 4.92. The number of fused-ring (bicyclic) bond motifs is 1. The molecule has 0 N–H and O–H groups in total. The summed E-state index contributed by atoms with van der Waals surface area (Å²) >= 11 is 1.14. The fourth-order valence-electron chi connectivity index (χ4n) is 3.12. The van der Waals surface area contributed by atoms with Gasteiger partial charge < -0.3 is 14.4 Å². The molecule has 0 unspecified atom stereocenters. The smallest absolute Gasteiger partial charge is 0.387 e. The highest BCUT2D eigenvalue weighted by Gasteiger charge is 2.38. The Labute approximate surface area is 125 Å². The van der Waals surface area contributed by atoms with E-state index >= 15 is 0 Å². The maximum absolute atomic E-state index is 12.7. The highest BCUT2D eigenvalue weighted by Crippen LogP contribution is 2.33. The van der Waals surface area contributed by atoms with E-state index in [2.05, 4.69) is 4.74 Å². The van der Waals surface area contributed by atoms with Gasteiger partial charge in [0.2, 0.25) is 0 Å². The molecular formula is C14H17F2NO3S. The van der Waals surface area contributed by atoms with Gasteiger partial charge >= 0.3 is 6.61 Å². The van der Waals surface area contributed by atoms with Gasteiger partial charge in [-0.25, -0.2) is 0 Å². The molecule has 0 aromatic carbocycles. The molecule has 0 bridgehead atoms. The summed E-state index contributed by atoms with van der Waals surface area (Å²) in [6, 6.07) is 1.48. The Bertz CT molecular complexity index is 506. The molecule has 3 rings (SSSR count). The summed E-state index contributed by atoms with van der Waals surface area (Å²) in [5.41, 5.74) is 0. The van der Waals surface area contributed by atoms with Gasteiger partial charge in [0.05, 0.1) is 18.8 Å². The van der Waals surface area contributed by atoms with Crippen LogP contribution in [-0.4, -0.2) is 42.7 Å². The summed E-state index contributed by atoms with van der Waals surface area (Å²) in [5, 5.41) is 1.60. The first kappa shape index (κ1) is 14.7. The van der Waals surface area contributed by atoms with Gasteiger partial charge in [0.1, 0.15) is 10.6 Å². The molecule has 21 heavy (non-hydrogen) atoms. The van der Waals surface area contributed by atoms with Crippen LogP contribution >= 0.6 is 11.3 Å². The molecule has 7 heteroatoms. The van der Waals surface area contributed by atoms with Crippen molar-refractivity contribution in [2.45, 2.75) is 44.4 Å². The molecule has 1 saturated heterocycles. The predicted octanol–water partition coefficient (Wildman–Crippen LogP) is 3.13. The van der Waals surface area contributed by atoms with E-state index in [9.17, 15) is 13.6 Å². The molecule has 4 nitrogen and oxygen atoms in total. The summed E-state index contributed by atoms with van der Waals surface area (Å²) in [7, 11) is 0. The number of thiophene rings is 1. The molecule has 1 aromatic heterocycles. The van der Waals surface area contributed by atoms with Crippen LogP contribution in [0.25, 0.3) is 0 Å². The number of amides is 1. The summed E-state index contributed by atoms with van der Waals surface area (Å²) in [6.07, 6.45) is 4.13. The third-order valence-electron chi connectivity index (χ3n) is 4.03. The van der Waals surface area contributed by atoms with Gasteiger partial charge in [-0.15, -0.1) is 11.3 Å². The molecule has 1 saturated carbocycles. The van der Waals surface area contributed by atoms with Crippen molar-refractivity contribution in [2.24, 2.45) is 0 Å².